The lowest BCUT2D eigenvalue weighted by molar-refractivity contribution is 0.165. The minimum Gasteiger partial charge on any atom is -0.388 e. The maximum absolute atomic E-state index is 9.71. The highest BCUT2D eigenvalue weighted by molar-refractivity contribution is 6.42. The van der Waals surface area contributed by atoms with Gasteiger partial charge < -0.3 is 10.8 Å². The number of nitrogens with two attached hydrogens (primary N) is 1. The molecule has 1 atom stereocenters. The van der Waals surface area contributed by atoms with Crippen LogP contribution in [0.4, 0.5) is 0 Å². The average molecular weight is 234 g/mol. The maximum Gasteiger partial charge on any atom is 0.0791 e. The summed E-state index contributed by atoms with van der Waals surface area (Å²) in [6.45, 7) is 0.582. The van der Waals surface area contributed by atoms with E-state index in [2.05, 4.69) is 0 Å². The molecular formula is C10H13Cl2NO. The van der Waals surface area contributed by atoms with Gasteiger partial charge >= 0.3 is 0 Å². The second-order valence-corrected chi connectivity index (χ2v) is 3.93. The topological polar surface area (TPSA) is 46.2 Å². The van der Waals surface area contributed by atoms with Gasteiger partial charge in [0.15, 0.2) is 0 Å². The van der Waals surface area contributed by atoms with Gasteiger partial charge in [-0.15, -0.1) is 0 Å². The smallest absolute Gasteiger partial charge is 0.0791 e. The molecule has 0 amide bonds. The molecule has 0 aliphatic heterocycles. The fourth-order valence-corrected chi connectivity index (χ4v) is 1.50. The van der Waals surface area contributed by atoms with Crippen LogP contribution in [0.15, 0.2) is 18.2 Å². The van der Waals surface area contributed by atoms with Crippen molar-refractivity contribution in [2.75, 3.05) is 6.54 Å². The summed E-state index contributed by atoms with van der Waals surface area (Å²) >= 11 is 11.6. The van der Waals surface area contributed by atoms with Crippen LogP contribution < -0.4 is 5.73 Å². The van der Waals surface area contributed by atoms with Crippen LogP contribution in [-0.2, 0) is 0 Å². The van der Waals surface area contributed by atoms with Crippen molar-refractivity contribution in [3.05, 3.63) is 33.8 Å². The van der Waals surface area contributed by atoms with Crippen LogP contribution >= 0.6 is 23.2 Å². The summed E-state index contributed by atoms with van der Waals surface area (Å²) in [5.74, 6) is 0. The molecule has 1 rings (SSSR count). The lowest BCUT2D eigenvalue weighted by Crippen LogP contribution is -2.03. The first-order valence-electron chi connectivity index (χ1n) is 4.48. The molecule has 0 heterocycles. The predicted octanol–water partition coefficient (Wildman–Crippen LogP) is 2.77. The molecule has 0 spiro atoms. The molecule has 0 aromatic heterocycles. The van der Waals surface area contributed by atoms with Crippen molar-refractivity contribution < 1.29 is 5.11 Å². The second-order valence-electron chi connectivity index (χ2n) is 3.12. The number of aliphatic hydroxyl groups is 1. The van der Waals surface area contributed by atoms with E-state index in [0.717, 1.165) is 12.0 Å². The first-order valence-corrected chi connectivity index (χ1v) is 5.24. The molecule has 2 nitrogen and oxygen atoms in total. The lowest BCUT2D eigenvalue weighted by Gasteiger charge is -2.10. The Balaban J connectivity index is 2.70. The van der Waals surface area contributed by atoms with E-state index in [1.165, 1.54) is 0 Å². The molecule has 0 aliphatic rings. The molecule has 0 bridgehead atoms. The summed E-state index contributed by atoms with van der Waals surface area (Å²) < 4.78 is 0. The van der Waals surface area contributed by atoms with Crippen molar-refractivity contribution >= 4 is 23.2 Å². The third-order valence-corrected chi connectivity index (χ3v) is 2.75. The van der Waals surface area contributed by atoms with Gasteiger partial charge in [0.25, 0.3) is 0 Å². The molecule has 78 valence electrons. The highest BCUT2D eigenvalue weighted by Gasteiger charge is 2.08. The number of rotatable bonds is 4. The van der Waals surface area contributed by atoms with Crippen molar-refractivity contribution in [2.45, 2.75) is 18.9 Å². The number of aliphatic hydroxyl groups excluding tert-OH is 1. The van der Waals surface area contributed by atoms with Crippen molar-refractivity contribution in [1.29, 1.82) is 0 Å². The Kier molecular flexibility index (Phi) is 4.69. The maximum atomic E-state index is 9.71. The van der Waals surface area contributed by atoms with Crippen LogP contribution in [0.1, 0.15) is 24.5 Å². The lowest BCUT2D eigenvalue weighted by atomic mass is 10.1. The summed E-state index contributed by atoms with van der Waals surface area (Å²) in [5, 5.41) is 10.7. The van der Waals surface area contributed by atoms with E-state index in [1.54, 1.807) is 18.2 Å². The van der Waals surface area contributed by atoms with Crippen LogP contribution in [0.2, 0.25) is 10.0 Å². The van der Waals surface area contributed by atoms with Crippen LogP contribution in [0.3, 0.4) is 0 Å². The minimum absolute atomic E-state index is 0.468. The Morgan fingerprint density at radius 1 is 1.29 bits per heavy atom. The predicted molar refractivity (Wildman–Crippen MR) is 59.7 cm³/mol. The highest BCUT2D eigenvalue weighted by Crippen LogP contribution is 2.27. The fourth-order valence-electron chi connectivity index (χ4n) is 1.20. The van der Waals surface area contributed by atoms with Crippen LogP contribution in [0.5, 0.6) is 0 Å². The molecule has 1 unspecified atom stereocenters. The Hall–Kier alpha value is -0.280. The standard InChI is InChI=1S/C10H13Cl2NO/c11-8-4-3-7(6-9(8)12)10(14)2-1-5-13/h3-4,6,10,14H,1-2,5,13H2. The highest BCUT2D eigenvalue weighted by atomic mass is 35.5. The Labute approximate surface area is 93.6 Å². The molecule has 0 radical (unpaired) electrons. The molecule has 0 fully saturated rings. The fraction of sp³-hybridized carbons (Fsp3) is 0.400. The second kappa shape index (κ2) is 5.56. The van der Waals surface area contributed by atoms with Gasteiger partial charge in [-0.3, -0.25) is 0 Å². The quantitative estimate of drug-likeness (QED) is 0.841. The summed E-state index contributed by atoms with van der Waals surface area (Å²) in [6.07, 6.45) is 0.934. The molecule has 0 saturated carbocycles. The monoisotopic (exact) mass is 233 g/mol. The first kappa shape index (κ1) is 11.8. The van der Waals surface area contributed by atoms with Crippen molar-refractivity contribution in [3.8, 4) is 0 Å². The van der Waals surface area contributed by atoms with E-state index in [4.69, 9.17) is 28.9 Å². The molecular weight excluding hydrogens is 221 g/mol. The molecule has 1 aromatic rings. The first-order chi connectivity index (χ1) is 6.65. The zero-order valence-corrected chi connectivity index (χ0v) is 9.22. The summed E-state index contributed by atoms with van der Waals surface area (Å²) in [5.41, 5.74) is 6.14. The van der Waals surface area contributed by atoms with Crippen LogP contribution in [0.25, 0.3) is 0 Å². The van der Waals surface area contributed by atoms with E-state index in [9.17, 15) is 5.11 Å². The number of benzene rings is 1. The largest absolute Gasteiger partial charge is 0.388 e. The van der Waals surface area contributed by atoms with Crippen molar-refractivity contribution in [3.63, 3.8) is 0 Å². The van der Waals surface area contributed by atoms with E-state index in [1.807, 2.05) is 0 Å². The van der Waals surface area contributed by atoms with Gasteiger partial charge in [-0.1, -0.05) is 29.3 Å². The number of hydrogen-bond acceptors (Lipinski definition) is 2. The minimum atomic E-state index is -0.506. The van der Waals surface area contributed by atoms with E-state index in [0.29, 0.717) is 23.0 Å². The van der Waals surface area contributed by atoms with Gasteiger partial charge in [-0.2, -0.15) is 0 Å². The SMILES string of the molecule is NCCCC(O)c1ccc(Cl)c(Cl)c1. The number of hydrogen-bond donors (Lipinski definition) is 2. The third-order valence-electron chi connectivity index (χ3n) is 2.01. The van der Waals surface area contributed by atoms with E-state index in [-0.39, 0.29) is 0 Å². The van der Waals surface area contributed by atoms with Crippen molar-refractivity contribution in [1.82, 2.24) is 0 Å². The average Bonchev–Trinajstić information content (AvgIpc) is 2.18. The van der Waals surface area contributed by atoms with E-state index < -0.39 is 6.10 Å². The van der Waals surface area contributed by atoms with Gasteiger partial charge in [0.2, 0.25) is 0 Å². The summed E-state index contributed by atoms with van der Waals surface area (Å²) in [7, 11) is 0. The molecule has 3 N–H and O–H groups in total. The zero-order valence-electron chi connectivity index (χ0n) is 7.71. The molecule has 14 heavy (non-hydrogen) atoms. The third kappa shape index (κ3) is 3.14. The van der Waals surface area contributed by atoms with Gasteiger partial charge in [0.1, 0.15) is 0 Å². The summed E-state index contributed by atoms with van der Waals surface area (Å²) in [4.78, 5) is 0. The van der Waals surface area contributed by atoms with Crippen LogP contribution in [-0.4, -0.2) is 11.7 Å². The summed E-state index contributed by atoms with van der Waals surface area (Å²) in [6, 6.07) is 5.14. The Morgan fingerprint density at radius 3 is 2.57 bits per heavy atom. The van der Waals surface area contributed by atoms with Crippen molar-refractivity contribution in [2.24, 2.45) is 5.73 Å². The van der Waals surface area contributed by atoms with Gasteiger partial charge in [0.05, 0.1) is 16.1 Å². The molecule has 0 saturated heterocycles. The van der Waals surface area contributed by atoms with Gasteiger partial charge in [0, 0.05) is 0 Å². The van der Waals surface area contributed by atoms with Crippen LogP contribution in [0, 0.1) is 0 Å². The molecule has 1 aromatic carbocycles. The molecule has 0 aliphatic carbocycles. The van der Waals surface area contributed by atoms with Gasteiger partial charge in [-0.25, -0.2) is 0 Å². The van der Waals surface area contributed by atoms with Gasteiger partial charge in [-0.05, 0) is 37.1 Å². The normalized spacial score (nSPS) is 12.9. The number of halogens is 2. The van der Waals surface area contributed by atoms with E-state index >= 15 is 0 Å². The Bertz CT molecular complexity index is 304. The zero-order chi connectivity index (χ0) is 10.6. The Morgan fingerprint density at radius 2 is 2.00 bits per heavy atom. The molecule has 4 heteroatoms.